The van der Waals surface area contributed by atoms with Crippen LogP contribution >= 0.6 is 0 Å². The summed E-state index contributed by atoms with van der Waals surface area (Å²) in [5, 5.41) is 12.6. The van der Waals surface area contributed by atoms with Gasteiger partial charge in [0, 0.05) is 17.2 Å². The van der Waals surface area contributed by atoms with Gasteiger partial charge in [-0.15, -0.1) is 0 Å². The van der Waals surface area contributed by atoms with Gasteiger partial charge in [0.05, 0.1) is 5.92 Å². The molecule has 1 fully saturated rings. The lowest BCUT2D eigenvalue weighted by Crippen LogP contribution is -2.25. The minimum atomic E-state index is -0.871. The summed E-state index contributed by atoms with van der Waals surface area (Å²) in [6.07, 6.45) is 2.01. The Labute approximate surface area is 191 Å². The SMILES string of the molecule is Cc1ccc2oc(Nc3ccc(-c4ccc(C(=O)[C@H]5CCC[C@@H]5C(=O)O)cc4)cc3)nc2c1. The zero-order valence-electron chi connectivity index (χ0n) is 18.2. The minimum absolute atomic E-state index is 0.0699. The van der Waals surface area contributed by atoms with Crippen molar-refractivity contribution in [3.05, 3.63) is 77.9 Å². The molecule has 0 amide bonds. The van der Waals surface area contributed by atoms with Crippen LogP contribution in [0, 0.1) is 18.8 Å². The van der Waals surface area contributed by atoms with E-state index in [1.54, 1.807) is 12.1 Å². The molecule has 3 aromatic carbocycles. The molecule has 1 aliphatic rings. The van der Waals surface area contributed by atoms with Gasteiger partial charge in [0.25, 0.3) is 6.01 Å². The number of Topliss-reactive ketones (excluding diaryl/α,β-unsaturated/α-hetero) is 1. The van der Waals surface area contributed by atoms with E-state index in [2.05, 4.69) is 10.3 Å². The van der Waals surface area contributed by atoms with E-state index in [1.807, 2.05) is 61.5 Å². The molecule has 33 heavy (non-hydrogen) atoms. The predicted octanol–water partition coefficient (Wildman–Crippen LogP) is 6.23. The number of fused-ring (bicyclic) bond motifs is 1. The molecule has 2 N–H and O–H groups in total. The number of ketones is 1. The highest BCUT2D eigenvalue weighted by Gasteiger charge is 2.37. The molecule has 0 spiro atoms. The third-order valence-electron chi connectivity index (χ3n) is 6.35. The second kappa shape index (κ2) is 8.54. The topological polar surface area (TPSA) is 92.4 Å². The zero-order valence-corrected chi connectivity index (χ0v) is 18.2. The molecule has 0 radical (unpaired) electrons. The summed E-state index contributed by atoms with van der Waals surface area (Å²) in [4.78, 5) is 28.7. The Morgan fingerprint density at radius 1 is 0.939 bits per heavy atom. The van der Waals surface area contributed by atoms with E-state index in [9.17, 15) is 14.7 Å². The maximum atomic E-state index is 12.8. The molecule has 0 saturated heterocycles. The highest BCUT2D eigenvalue weighted by atomic mass is 16.4. The monoisotopic (exact) mass is 440 g/mol. The van der Waals surface area contributed by atoms with Crippen molar-refractivity contribution in [1.29, 1.82) is 0 Å². The lowest BCUT2D eigenvalue weighted by Gasteiger charge is -2.14. The van der Waals surface area contributed by atoms with E-state index < -0.39 is 17.8 Å². The standard InChI is InChI=1S/C27H24N2O4/c1-16-5-14-24-23(15-16)29-27(33-24)28-20-12-10-18(11-13-20)17-6-8-19(9-7-17)25(30)21-3-2-4-22(21)26(31)32/h5-15,21-22H,2-4H2,1H3,(H,28,29)(H,31,32)/t21-,22-/m0/s1. The molecular formula is C27H24N2O4. The summed E-state index contributed by atoms with van der Waals surface area (Å²) in [5.41, 5.74) is 6.10. The minimum Gasteiger partial charge on any atom is -0.481 e. The van der Waals surface area contributed by atoms with Crippen LogP contribution in [0.2, 0.25) is 0 Å². The van der Waals surface area contributed by atoms with Crippen LogP contribution in [0.25, 0.3) is 22.2 Å². The fraction of sp³-hybridized carbons (Fsp3) is 0.222. The number of carbonyl (C=O) groups excluding carboxylic acids is 1. The average molecular weight is 440 g/mol. The van der Waals surface area contributed by atoms with Crippen LogP contribution in [0.1, 0.15) is 35.2 Å². The van der Waals surface area contributed by atoms with E-state index in [0.717, 1.165) is 39.9 Å². The number of carboxylic acid groups (broad SMARTS) is 1. The first kappa shape index (κ1) is 20.9. The fourth-order valence-electron chi connectivity index (χ4n) is 4.57. The molecule has 0 bridgehead atoms. The van der Waals surface area contributed by atoms with Gasteiger partial charge in [-0.1, -0.05) is 48.9 Å². The number of carboxylic acids is 1. The Hall–Kier alpha value is -3.93. The normalized spacial score (nSPS) is 17.8. The fourth-order valence-corrected chi connectivity index (χ4v) is 4.57. The maximum Gasteiger partial charge on any atom is 0.307 e. The highest BCUT2D eigenvalue weighted by Crippen LogP contribution is 2.35. The third-order valence-corrected chi connectivity index (χ3v) is 6.35. The lowest BCUT2D eigenvalue weighted by molar-refractivity contribution is -0.142. The van der Waals surface area contributed by atoms with Crippen molar-refractivity contribution < 1.29 is 19.1 Å². The molecule has 166 valence electrons. The number of nitrogens with zero attached hydrogens (tertiary/aromatic N) is 1. The molecule has 1 aliphatic carbocycles. The lowest BCUT2D eigenvalue weighted by atomic mass is 9.88. The van der Waals surface area contributed by atoms with Crippen LogP contribution in [0.15, 0.2) is 71.1 Å². The van der Waals surface area contributed by atoms with Gasteiger partial charge in [-0.3, -0.25) is 9.59 Å². The van der Waals surface area contributed by atoms with Crippen molar-refractivity contribution >= 4 is 34.6 Å². The van der Waals surface area contributed by atoms with Crippen LogP contribution in [0.5, 0.6) is 0 Å². The van der Waals surface area contributed by atoms with E-state index in [0.29, 0.717) is 24.4 Å². The number of aliphatic carboxylic acids is 1. The number of anilines is 2. The average Bonchev–Trinajstić information content (AvgIpc) is 3.46. The quantitative estimate of drug-likeness (QED) is 0.345. The summed E-state index contributed by atoms with van der Waals surface area (Å²) in [5.74, 6) is -1.93. The largest absolute Gasteiger partial charge is 0.481 e. The first-order valence-electron chi connectivity index (χ1n) is 11.1. The van der Waals surface area contributed by atoms with Gasteiger partial charge in [-0.25, -0.2) is 0 Å². The first-order valence-corrected chi connectivity index (χ1v) is 11.1. The molecular weight excluding hydrogens is 416 g/mol. The molecule has 0 unspecified atom stereocenters. The molecule has 4 aromatic rings. The van der Waals surface area contributed by atoms with Crippen LogP contribution in [-0.2, 0) is 4.79 Å². The number of benzene rings is 3. The Morgan fingerprint density at radius 3 is 2.30 bits per heavy atom. The smallest absolute Gasteiger partial charge is 0.307 e. The number of carbonyl (C=O) groups is 2. The van der Waals surface area contributed by atoms with Gasteiger partial charge >= 0.3 is 5.97 Å². The van der Waals surface area contributed by atoms with Crippen molar-refractivity contribution in [3.8, 4) is 11.1 Å². The van der Waals surface area contributed by atoms with Gasteiger partial charge in [-0.05, 0) is 60.7 Å². The summed E-state index contributed by atoms with van der Waals surface area (Å²) in [7, 11) is 0. The summed E-state index contributed by atoms with van der Waals surface area (Å²) < 4.78 is 5.75. The molecule has 0 aliphatic heterocycles. The van der Waals surface area contributed by atoms with Gasteiger partial charge < -0.3 is 14.8 Å². The number of oxazole rings is 1. The summed E-state index contributed by atoms with van der Waals surface area (Å²) >= 11 is 0. The number of rotatable bonds is 6. The molecule has 1 saturated carbocycles. The van der Waals surface area contributed by atoms with Crippen molar-refractivity contribution in [1.82, 2.24) is 4.98 Å². The van der Waals surface area contributed by atoms with Crippen LogP contribution in [0.3, 0.4) is 0 Å². The Morgan fingerprint density at radius 2 is 1.61 bits per heavy atom. The second-order valence-corrected chi connectivity index (χ2v) is 8.62. The molecule has 1 aromatic heterocycles. The maximum absolute atomic E-state index is 12.8. The Balaban J connectivity index is 1.29. The number of nitrogens with one attached hydrogen (secondary N) is 1. The molecule has 6 heteroatoms. The van der Waals surface area contributed by atoms with Crippen molar-refractivity contribution in [2.75, 3.05) is 5.32 Å². The van der Waals surface area contributed by atoms with Crippen molar-refractivity contribution in [2.24, 2.45) is 11.8 Å². The van der Waals surface area contributed by atoms with Crippen molar-refractivity contribution in [2.45, 2.75) is 26.2 Å². The highest BCUT2D eigenvalue weighted by molar-refractivity contribution is 6.00. The number of hydrogen-bond acceptors (Lipinski definition) is 5. The Bertz CT molecular complexity index is 1320. The van der Waals surface area contributed by atoms with Crippen LogP contribution in [0.4, 0.5) is 11.7 Å². The summed E-state index contributed by atoms with van der Waals surface area (Å²) in [6.45, 7) is 2.02. The van der Waals surface area contributed by atoms with E-state index in [4.69, 9.17) is 4.42 Å². The van der Waals surface area contributed by atoms with Crippen LogP contribution < -0.4 is 5.32 Å². The van der Waals surface area contributed by atoms with Gasteiger partial charge in [-0.2, -0.15) is 4.98 Å². The van der Waals surface area contributed by atoms with E-state index in [1.165, 1.54) is 0 Å². The van der Waals surface area contributed by atoms with Crippen molar-refractivity contribution in [3.63, 3.8) is 0 Å². The first-order chi connectivity index (χ1) is 16.0. The number of hydrogen-bond donors (Lipinski definition) is 2. The van der Waals surface area contributed by atoms with Crippen LogP contribution in [-0.4, -0.2) is 21.8 Å². The van der Waals surface area contributed by atoms with Gasteiger partial charge in [0.2, 0.25) is 0 Å². The number of aromatic nitrogens is 1. The number of aryl methyl sites for hydroxylation is 1. The molecule has 2 atom stereocenters. The van der Waals surface area contributed by atoms with Gasteiger partial charge in [0.15, 0.2) is 11.4 Å². The molecule has 1 heterocycles. The van der Waals surface area contributed by atoms with E-state index >= 15 is 0 Å². The third kappa shape index (κ3) is 4.24. The van der Waals surface area contributed by atoms with E-state index in [-0.39, 0.29) is 5.78 Å². The summed E-state index contributed by atoms with van der Waals surface area (Å²) in [6, 6.07) is 21.6. The van der Waals surface area contributed by atoms with Gasteiger partial charge in [0.1, 0.15) is 5.52 Å². The predicted molar refractivity (Wildman–Crippen MR) is 127 cm³/mol. The Kier molecular flexibility index (Phi) is 5.42. The molecule has 6 nitrogen and oxygen atoms in total. The second-order valence-electron chi connectivity index (χ2n) is 8.62. The molecule has 5 rings (SSSR count). The zero-order chi connectivity index (χ0) is 22.9.